The summed E-state index contributed by atoms with van der Waals surface area (Å²) in [5.74, 6) is 1.53. The smallest absolute Gasteiger partial charge is 0.218 e. The van der Waals surface area contributed by atoms with Gasteiger partial charge in [-0.25, -0.2) is 9.98 Å². The number of aromatic nitrogens is 1. The van der Waals surface area contributed by atoms with Gasteiger partial charge in [-0.05, 0) is 51.5 Å². The van der Waals surface area contributed by atoms with Crippen molar-refractivity contribution >= 4 is 5.96 Å². The van der Waals surface area contributed by atoms with Crippen LogP contribution >= 0.6 is 0 Å². The summed E-state index contributed by atoms with van der Waals surface area (Å²) in [5.41, 5.74) is 1.02. The van der Waals surface area contributed by atoms with E-state index >= 15 is 0 Å². The molecule has 1 saturated heterocycles. The second-order valence-corrected chi connectivity index (χ2v) is 7.32. The van der Waals surface area contributed by atoms with E-state index in [1.54, 1.807) is 6.20 Å². The van der Waals surface area contributed by atoms with E-state index in [9.17, 15) is 0 Å². The van der Waals surface area contributed by atoms with Crippen LogP contribution in [0.5, 0.6) is 5.88 Å². The molecule has 3 rings (SSSR count). The van der Waals surface area contributed by atoms with Crippen molar-refractivity contribution in [3.05, 3.63) is 23.9 Å². The highest BCUT2D eigenvalue weighted by molar-refractivity contribution is 5.79. The van der Waals surface area contributed by atoms with Crippen molar-refractivity contribution in [1.29, 1.82) is 0 Å². The summed E-state index contributed by atoms with van der Waals surface area (Å²) in [6.45, 7) is 6.54. The molecule has 1 atom stereocenters. The lowest BCUT2D eigenvalue weighted by Gasteiger charge is -2.15. The molecule has 1 unspecified atom stereocenters. The van der Waals surface area contributed by atoms with Crippen molar-refractivity contribution in [3.8, 4) is 5.88 Å². The van der Waals surface area contributed by atoms with E-state index < -0.39 is 0 Å². The summed E-state index contributed by atoms with van der Waals surface area (Å²) in [4.78, 5) is 9.14. The molecule has 1 aliphatic heterocycles. The first-order chi connectivity index (χ1) is 13.8. The van der Waals surface area contributed by atoms with E-state index in [4.69, 9.17) is 19.2 Å². The maximum absolute atomic E-state index is 6.11. The zero-order chi connectivity index (χ0) is 19.4. The monoisotopic (exact) mass is 390 g/mol. The molecule has 1 aromatic rings. The molecule has 7 nitrogen and oxygen atoms in total. The first kappa shape index (κ1) is 20.9. The Morgan fingerprint density at radius 2 is 2.14 bits per heavy atom. The maximum Gasteiger partial charge on any atom is 0.218 e. The third-order valence-electron chi connectivity index (χ3n) is 5.04. The largest absolute Gasteiger partial charge is 0.474 e. The summed E-state index contributed by atoms with van der Waals surface area (Å²) in [5, 5.41) is 6.67. The van der Waals surface area contributed by atoms with Gasteiger partial charge in [-0.3, -0.25) is 0 Å². The molecule has 1 saturated carbocycles. The van der Waals surface area contributed by atoms with Gasteiger partial charge < -0.3 is 24.8 Å². The van der Waals surface area contributed by atoms with Crippen LogP contribution in [-0.2, 0) is 16.0 Å². The first-order valence-electron chi connectivity index (χ1n) is 10.7. The molecule has 2 fully saturated rings. The number of hydrogen-bond acceptors (Lipinski definition) is 5. The minimum Gasteiger partial charge on any atom is -0.474 e. The Balaban J connectivity index is 1.45. The fourth-order valence-electron chi connectivity index (χ4n) is 3.49. The van der Waals surface area contributed by atoms with Crippen molar-refractivity contribution in [2.24, 2.45) is 4.99 Å². The van der Waals surface area contributed by atoms with Gasteiger partial charge in [0, 0.05) is 38.1 Å². The Kier molecular flexibility index (Phi) is 8.84. The molecule has 0 spiro atoms. The lowest BCUT2D eigenvalue weighted by atomic mass is 10.2. The van der Waals surface area contributed by atoms with E-state index in [1.165, 1.54) is 12.8 Å². The Bertz CT molecular complexity index is 599. The predicted octanol–water partition coefficient (Wildman–Crippen LogP) is 2.65. The minimum atomic E-state index is 0.269. The molecule has 1 aromatic heterocycles. The van der Waals surface area contributed by atoms with Crippen LogP contribution in [0.4, 0.5) is 0 Å². The van der Waals surface area contributed by atoms with Crippen LogP contribution < -0.4 is 15.4 Å². The van der Waals surface area contributed by atoms with E-state index in [1.807, 2.05) is 12.1 Å². The van der Waals surface area contributed by atoms with Crippen molar-refractivity contribution in [2.45, 2.75) is 64.2 Å². The molecule has 2 N–H and O–H groups in total. The highest BCUT2D eigenvalue weighted by Crippen LogP contribution is 2.25. The number of ether oxygens (including phenoxy) is 3. The van der Waals surface area contributed by atoms with Gasteiger partial charge in [0.25, 0.3) is 0 Å². The zero-order valence-electron chi connectivity index (χ0n) is 17.0. The predicted molar refractivity (Wildman–Crippen MR) is 110 cm³/mol. The summed E-state index contributed by atoms with van der Waals surface area (Å²) in [7, 11) is 0. The number of pyridine rings is 1. The van der Waals surface area contributed by atoms with E-state index in [-0.39, 0.29) is 6.10 Å². The van der Waals surface area contributed by atoms with Gasteiger partial charge in [0.1, 0.15) is 6.10 Å². The van der Waals surface area contributed by atoms with Gasteiger partial charge in [-0.2, -0.15) is 0 Å². The third-order valence-corrected chi connectivity index (χ3v) is 5.04. The lowest BCUT2D eigenvalue weighted by molar-refractivity contribution is 0.0420. The van der Waals surface area contributed by atoms with Gasteiger partial charge >= 0.3 is 0 Å². The summed E-state index contributed by atoms with van der Waals surface area (Å²) < 4.78 is 17.2. The summed E-state index contributed by atoms with van der Waals surface area (Å²) >= 11 is 0. The van der Waals surface area contributed by atoms with Gasteiger partial charge in [-0.1, -0.05) is 6.07 Å². The van der Waals surface area contributed by atoms with Crippen molar-refractivity contribution in [2.75, 3.05) is 32.9 Å². The fourth-order valence-corrected chi connectivity index (χ4v) is 3.49. The van der Waals surface area contributed by atoms with Gasteiger partial charge in [0.15, 0.2) is 5.96 Å². The number of hydrogen-bond donors (Lipinski definition) is 2. The third kappa shape index (κ3) is 6.95. The molecule has 1 aliphatic carbocycles. The molecule has 0 radical (unpaired) electrons. The molecule has 0 amide bonds. The van der Waals surface area contributed by atoms with Crippen LogP contribution in [0.2, 0.25) is 0 Å². The van der Waals surface area contributed by atoms with E-state index in [0.29, 0.717) is 12.6 Å². The molecular weight excluding hydrogens is 356 g/mol. The fraction of sp³-hybridized carbons (Fsp3) is 0.714. The second-order valence-electron chi connectivity index (χ2n) is 7.32. The Labute approximate surface area is 168 Å². The number of nitrogens with zero attached hydrogens (tertiary/aromatic N) is 2. The van der Waals surface area contributed by atoms with E-state index in [0.717, 1.165) is 76.0 Å². The topological polar surface area (TPSA) is 77.0 Å². The zero-order valence-corrected chi connectivity index (χ0v) is 17.0. The highest BCUT2D eigenvalue weighted by Gasteiger charge is 2.18. The standard InChI is InChI=1S/C21H34N4O3/c1-2-22-21(24-12-6-13-27-19-10-14-26-16-19)25-15-17-7-5-11-23-20(17)28-18-8-3-4-9-18/h5,7,11,18-19H,2-4,6,8-10,12-16H2,1H3,(H2,22,24,25). The lowest BCUT2D eigenvalue weighted by Crippen LogP contribution is -2.38. The molecular formula is C21H34N4O3. The second kappa shape index (κ2) is 11.9. The van der Waals surface area contributed by atoms with Gasteiger partial charge in [0.2, 0.25) is 5.88 Å². The number of aliphatic imine (C=N–C) groups is 1. The average molecular weight is 391 g/mol. The molecule has 28 heavy (non-hydrogen) atoms. The summed E-state index contributed by atoms with van der Waals surface area (Å²) in [6.07, 6.45) is 9.04. The number of rotatable bonds is 10. The first-order valence-corrected chi connectivity index (χ1v) is 10.7. The van der Waals surface area contributed by atoms with Gasteiger partial charge in [0.05, 0.1) is 19.3 Å². The molecule has 2 aliphatic rings. The van der Waals surface area contributed by atoms with Crippen LogP contribution in [0.3, 0.4) is 0 Å². The average Bonchev–Trinajstić information content (AvgIpc) is 3.41. The van der Waals surface area contributed by atoms with Crippen LogP contribution in [-0.4, -0.2) is 56.1 Å². The summed E-state index contributed by atoms with van der Waals surface area (Å²) in [6, 6.07) is 3.98. The van der Waals surface area contributed by atoms with Crippen LogP contribution in [0.1, 0.15) is 51.0 Å². The molecule has 7 heteroatoms. The van der Waals surface area contributed by atoms with Crippen molar-refractivity contribution < 1.29 is 14.2 Å². The number of guanidine groups is 1. The van der Waals surface area contributed by atoms with Crippen molar-refractivity contribution in [1.82, 2.24) is 15.6 Å². The van der Waals surface area contributed by atoms with Crippen LogP contribution in [0.25, 0.3) is 0 Å². The van der Waals surface area contributed by atoms with Crippen LogP contribution in [0, 0.1) is 0 Å². The quantitative estimate of drug-likeness (QED) is 0.363. The molecule has 0 bridgehead atoms. The molecule has 156 valence electrons. The molecule has 2 heterocycles. The van der Waals surface area contributed by atoms with Crippen molar-refractivity contribution in [3.63, 3.8) is 0 Å². The number of nitrogens with one attached hydrogen (secondary N) is 2. The highest BCUT2D eigenvalue weighted by atomic mass is 16.5. The molecule has 0 aromatic carbocycles. The Morgan fingerprint density at radius 1 is 1.25 bits per heavy atom. The SMILES string of the molecule is CCNC(=NCc1cccnc1OC1CCCC1)NCCCOC1CCOC1. The Hall–Kier alpha value is -1.86. The maximum atomic E-state index is 6.11. The van der Waals surface area contributed by atoms with E-state index in [2.05, 4.69) is 22.5 Å². The normalized spacial score (nSPS) is 20.5. The minimum absolute atomic E-state index is 0.269. The van der Waals surface area contributed by atoms with Gasteiger partial charge in [-0.15, -0.1) is 0 Å². The Morgan fingerprint density at radius 3 is 2.93 bits per heavy atom. The van der Waals surface area contributed by atoms with Crippen LogP contribution in [0.15, 0.2) is 23.3 Å².